The molecule has 0 aliphatic heterocycles. The van der Waals surface area contributed by atoms with Crippen LogP contribution in [0.25, 0.3) is 10.9 Å². The molecular formula is C20H24N4O2. The Morgan fingerprint density at radius 1 is 1.23 bits per heavy atom. The molecule has 0 fully saturated rings. The number of rotatable bonds is 7. The predicted octanol–water partition coefficient (Wildman–Crippen LogP) is 3.24. The molecule has 0 radical (unpaired) electrons. The highest BCUT2D eigenvalue weighted by atomic mass is 16.2. The summed E-state index contributed by atoms with van der Waals surface area (Å²) in [6, 6.07) is 7.59. The number of carbonyl (C=O) groups excluding carboxylic acids is 2. The number of aromatic nitrogens is 3. The molecule has 136 valence electrons. The lowest BCUT2D eigenvalue weighted by Crippen LogP contribution is -2.29. The zero-order chi connectivity index (χ0) is 18.7. The van der Waals surface area contributed by atoms with Crippen molar-refractivity contribution in [3.05, 3.63) is 54.0 Å². The molecule has 0 bridgehead atoms. The van der Waals surface area contributed by atoms with Gasteiger partial charge in [-0.15, -0.1) is 0 Å². The summed E-state index contributed by atoms with van der Waals surface area (Å²) in [4.78, 5) is 24.9. The number of Topliss-reactive ketones (excluding diaryl/α,β-unsaturated/α-hetero) is 1. The summed E-state index contributed by atoms with van der Waals surface area (Å²) in [5.41, 5.74) is 2.55. The van der Waals surface area contributed by atoms with E-state index in [-0.39, 0.29) is 24.3 Å². The molecule has 0 aliphatic carbocycles. The molecule has 1 aromatic carbocycles. The second-order valence-electron chi connectivity index (χ2n) is 6.60. The molecule has 1 N–H and O–H groups in total. The van der Waals surface area contributed by atoms with Crippen molar-refractivity contribution < 1.29 is 9.59 Å². The van der Waals surface area contributed by atoms with Gasteiger partial charge >= 0.3 is 0 Å². The molecule has 6 nitrogen and oxygen atoms in total. The molecule has 3 aromatic rings. The second kappa shape index (κ2) is 7.56. The fraction of sp³-hybridized carbons (Fsp3) is 0.350. The zero-order valence-corrected chi connectivity index (χ0v) is 15.4. The van der Waals surface area contributed by atoms with Crippen LogP contribution in [0.5, 0.6) is 0 Å². The number of hydrogen-bond acceptors (Lipinski definition) is 3. The van der Waals surface area contributed by atoms with Crippen LogP contribution in [-0.4, -0.2) is 26.0 Å². The average molecular weight is 352 g/mol. The number of benzene rings is 1. The van der Waals surface area contributed by atoms with E-state index < -0.39 is 0 Å². The molecule has 0 unspecified atom stereocenters. The molecule has 3 rings (SSSR count). The lowest BCUT2D eigenvalue weighted by molar-refractivity contribution is -0.122. The van der Waals surface area contributed by atoms with Gasteiger partial charge in [-0.1, -0.05) is 25.1 Å². The van der Waals surface area contributed by atoms with Crippen molar-refractivity contribution in [1.82, 2.24) is 19.7 Å². The van der Waals surface area contributed by atoms with E-state index in [1.165, 1.54) is 0 Å². The van der Waals surface area contributed by atoms with E-state index in [4.69, 9.17) is 0 Å². The number of aryl methyl sites for hydroxylation is 1. The number of para-hydroxylation sites is 1. The summed E-state index contributed by atoms with van der Waals surface area (Å²) in [6.07, 6.45) is 6.76. The van der Waals surface area contributed by atoms with Crippen LogP contribution in [0.1, 0.15) is 48.7 Å². The van der Waals surface area contributed by atoms with Gasteiger partial charge in [0.15, 0.2) is 5.78 Å². The molecule has 6 heteroatoms. The van der Waals surface area contributed by atoms with Gasteiger partial charge in [0, 0.05) is 47.9 Å². The highest BCUT2D eigenvalue weighted by Crippen LogP contribution is 2.23. The van der Waals surface area contributed by atoms with E-state index in [0.29, 0.717) is 12.0 Å². The van der Waals surface area contributed by atoms with E-state index in [9.17, 15) is 9.59 Å². The second-order valence-corrected chi connectivity index (χ2v) is 6.60. The Hall–Kier alpha value is -2.89. The summed E-state index contributed by atoms with van der Waals surface area (Å²) < 4.78 is 3.56. The largest absolute Gasteiger partial charge is 0.348 e. The quantitative estimate of drug-likeness (QED) is 0.664. The van der Waals surface area contributed by atoms with Crippen molar-refractivity contribution in [2.75, 3.05) is 0 Å². The van der Waals surface area contributed by atoms with Crippen molar-refractivity contribution in [2.45, 2.75) is 39.3 Å². The van der Waals surface area contributed by atoms with Crippen LogP contribution < -0.4 is 5.32 Å². The van der Waals surface area contributed by atoms with Crippen LogP contribution in [0.2, 0.25) is 0 Å². The molecule has 2 aromatic heterocycles. The van der Waals surface area contributed by atoms with Gasteiger partial charge in [-0.3, -0.25) is 14.3 Å². The minimum atomic E-state index is -0.126. The van der Waals surface area contributed by atoms with E-state index in [1.54, 1.807) is 17.1 Å². The van der Waals surface area contributed by atoms with Crippen molar-refractivity contribution in [3.63, 3.8) is 0 Å². The van der Waals surface area contributed by atoms with E-state index in [0.717, 1.165) is 22.9 Å². The molecule has 0 saturated heterocycles. The van der Waals surface area contributed by atoms with Crippen molar-refractivity contribution in [1.29, 1.82) is 0 Å². The monoisotopic (exact) mass is 352 g/mol. The first kappa shape index (κ1) is 17.9. The van der Waals surface area contributed by atoms with Gasteiger partial charge in [-0.05, 0) is 19.4 Å². The standard InChI is InChI=1S/C20H24N4O2/c1-4-7-19(25)17-12-24(18-9-6-5-8-16(17)18)13-20(26)22-14(2)15-10-21-23(3)11-15/h5-6,8-12,14H,4,7,13H2,1-3H3,(H,22,26)/t14-/m1/s1. The van der Waals surface area contributed by atoms with Crippen molar-refractivity contribution in [2.24, 2.45) is 7.05 Å². The fourth-order valence-corrected chi connectivity index (χ4v) is 3.15. The maximum Gasteiger partial charge on any atom is 0.240 e. The number of carbonyl (C=O) groups is 2. The highest BCUT2D eigenvalue weighted by molar-refractivity contribution is 6.08. The van der Waals surface area contributed by atoms with Gasteiger partial charge in [-0.2, -0.15) is 5.10 Å². The van der Waals surface area contributed by atoms with Gasteiger partial charge in [0.2, 0.25) is 5.91 Å². The maximum atomic E-state index is 12.5. The first-order valence-corrected chi connectivity index (χ1v) is 8.88. The predicted molar refractivity (Wildman–Crippen MR) is 101 cm³/mol. The zero-order valence-electron chi connectivity index (χ0n) is 15.4. The summed E-state index contributed by atoms with van der Waals surface area (Å²) in [7, 11) is 1.85. The van der Waals surface area contributed by atoms with Gasteiger partial charge in [0.25, 0.3) is 0 Å². The highest BCUT2D eigenvalue weighted by Gasteiger charge is 2.17. The third kappa shape index (κ3) is 3.69. The summed E-state index contributed by atoms with van der Waals surface area (Å²) in [5.74, 6) is 0.0168. The Bertz CT molecular complexity index is 938. The molecule has 2 heterocycles. The number of ketones is 1. The molecular weight excluding hydrogens is 328 g/mol. The Morgan fingerprint density at radius 3 is 2.69 bits per heavy atom. The van der Waals surface area contributed by atoms with Crippen LogP contribution >= 0.6 is 0 Å². The van der Waals surface area contributed by atoms with Crippen LogP contribution in [0, 0.1) is 0 Å². The maximum absolute atomic E-state index is 12.5. The number of amides is 1. The number of fused-ring (bicyclic) bond motifs is 1. The lowest BCUT2D eigenvalue weighted by Gasteiger charge is -2.13. The normalized spacial score (nSPS) is 12.3. The summed E-state index contributed by atoms with van der Waals surface area (Å²) >= 11 is 0. The Balaban J connectivity index is 1.80. The Labute approximate surface area is 152 Å². The van der Waals surface area contributed by atoms with Gasteiger partial charge in [0.1, 0.15) is 6.54 Å². The molecule has 0 spiro atoms. The number of hydrogen-bond donors (Lipinski definition) is 1. The van der Waals surface area contributed by atoms with Gasteiger partial charge in [0.05, 0.1) is 12.2 Å². The Morgan fingerprint density at radius 2 is 2.00 bits per heavy atom. The lowest BCUT2D eigenvalue weighted by atomic mass is 10.1. The Kier molecular flexibility index (Phi) is 5.21. The number of nitrogens with zero attached hydrogens (tertiary/aromatic N) is 3. The summed E-state index contributed by atoms with van der Waals surface area (Å²) in [6.45, 7) is 4.09. The molecule has 26 heavy (non-hydrogen) atoms. The molecule has 1 amide bonds. The van der Waals surface area contributed by atoms with Crippen molar-refractivity contribution >= 4 is 22.6 Å². The average Bonchev–Trinajstić information content (AvgIpc) is 3.20. The van der Waals surface area contributed by atoms with Crippen molar-refractivity contribution in [3.8, 4) is 0 Å². The van der Waals surface area contributed by atoms with Crippen LogP contribution in [0.4, 0.5) is 0 Å². The number of nitrogens with one attached hydrogen (secondary N) is 1. The van der Waals surface area contributed by atoms with E-state index >= 15 is 0 Å². The van der Waals surface area contributed by atoms with Crippen LogP contribution in [0.3, 0.4) is 0 Å². The van der Waals surface area contributed by atoms with Crippen LogP contribution in [0.15, 0.2) is 42.9 Å². The van der Waals surface area contributed by atoms with E-state index in [1.807, 2.05) is 55.9 Å². The SMILES string of the molecule is CCCC(=O)c1cn(CC(=O)N[C@H](C)c2cnn(C)c2)c2ccccc12. The third-order valence-electron chi connectivity index (χ3n) is 4.48. The fourth-order valence-electron chi connectivity index (χ4n) is 3.15. The smallest absolute Gasteiger partial charge is 0.240 e. The topological polar surface area (TPSA) is 68.9 Å². The van der Waals surface area contributed by atoms with Gasteiger partial charge < -0.3 is 9.88 Å². The third-order valence-corrected chi connectivity index (χ3v) is 4.48. The van der Waals surface area contributed by atoms with E-state index in [2.05, 4.69) is 10.4 Å². The van der Waals surface area contributed by atoms with Crippen LogP contribution in [-0.2, 0) is 18.4 Å². The minimum absolute atomic E-state index is 0.100. The minimum Gasteiger partial charge on any atom is -0.348 e. The summed E-state index contributed by atoms with van der Waals surface area (Å²) in [5, 5.41) is 8.02. The molecule has 1 atom stereocenters. The first-order valence-electron chi connectivity index (χ1n) is 8.88. The molecule has 0 aliphatic rings. The first-order chi connectivity index (χ1) is 12.5. The molecule has 0 saturated carbocycles. The van der Waals surface area contributed by atoms with Gasteiger partial charge in [-0.25, -0.2) is 0 Å².